The summed E-state index contributed by atoms with van der Waals surface area (Å²) in [6.45, 7) is 7.52. The summed E-state index contributed by atoms with van der Waals surface area (Å²) >= 11 is 3.48. The summed E-state index contributed by atoms with van der Waals surface area (Å²) in [6, 6.07) is 3.99. The first kappa shape index (κ1) is 17.0. The van der Waals surface area contributed by atoms with Crippen molar-refractivity contribution in [3.05, 3.63) is 27.7 Å². The first-order valence-electron chi connectivity index (χ1n) is 6.77. The van der Waals surface area contributed by atoms with E-state index < -0.39 is 0 Å². The number of amides is 1. The van der Waals surface area contributed by atoms with E-state index in [9.17, 15) is 4.79 Å². The van der Waals surface area contributed by atoms with E-state index in [0.29, 0.717) is 19.0 Å². The molecule has 5 heteroatoms. The molecule has 0 atom stereocenters. The highest BCUT2D eigenvalue weighted by Gasteiger charge is 2.11. The molecule has 0 bridgehead atoms. The van der Waals surface area contributed by atoms with E-state index in [2.05, 4.69) is 40.4 Å². The molecule has 112 valence electrons. The number of benzene rings is 1. The molecule has 0 spiro atoms. The van der Waals surface area contributed by atoms with Crippen molar-refractivity contribution in [1.29, 1.82) is 0 Å². The zero-order chi connectivity index (χ0) is 15.1. The Balaban J connectivity index is 2.69. The third kappa shape index (κ3) is 5.51. The standard InChI is InChI=1S/C15H23BrN2O2/c1-10(2)7-18-14(19)9-20-15-11(3)5-13(16)6-12(15)8-17-4/h5-6,10,17H,7-9H2,1-4H3,(H,18,19). The van der Waals surface area contributed by atoms with Gasteiger partial charge in [0, 0.05) is 23.1 Å². The van der Waals surface area contributed by atoms with Crippen molar-refractivity contribution in [2.24, 2.45) is 5.92 Å². The van der Waals surface area contributed by atoms with E-state index in [-0.39, 0.29) is 12.5 Å². The van der Waals surface area contributed by atoms with Crippen LogP contribution in [-0.4, -0.2) is 26.1 Å². The van der Waals surface area contributed by atoms with E-state index >= 15 is 0 Å². The van der Waals surface area contributed by atoms with Crippen LogP contribution in [0.1, 0.15) is 25.0 Å². The summed E-state index contributed by atoms with van der Waals surface area (Å²) in [4.78, 5) is 11.7. The zero-order valence-corrected chi connectivity index (χ0v) is 14.1. The fourth-order valence-corrected chi connectivity index (χ4v) is 2.45. The van der Waals surface area contributed by atoms with Gasteiger partial charge in [-0.3, -0.25) is 4.79 Å². The largest absolute Gasteiger partial charge is 0.483 e. The molecule has 0 unspecified atom stereocenters. The summed E-state index contributed by atoms with van der Waals surface area (Å²) in [7, 11) is 1.88. The fourth-order valence-electron chi connectivity index (χ4n) is 1.83. The monoisotopic (exact) mass is 342 g/mol. The van der Waals surface area contributed by atoms with Gasteiger partial charge in [0.15, 0.2) is 6.61 Å². The minimum atomic E-state index is -0.0866. The molecule has 0 saturated heterocycles. The molecule has 2 N–H and O–H groups in total. The van der Waals surface area contributed by atoms with E-state index in [1.165, 1.54) is 0 Å². The number of nitrogens with one attached hydrogen (secondary N) is 2. The molecule has 1 aromatic carbocycles. The first-order valence-corrected chi connectivity index (χ1v) is 7.56. The van der Waals surface area contributed by atoms with Gasteiger partial charge in [-0.1, -0.05) is 29.8 Å². The summed E-state index contributed by atoms with van der Waals surface area (Å²) in [5.41, 5.74) is 2.05. The molecule has 0 fully saturated rings. The lowest BCUT2D eigenvalue weighted by Gasteiger charge is -2.15. The number of hydrogen-bond acceptors (Lipinski definition) is 3. The number of ether oxygens (including phenoxy) is 1. The number of hydrogen-bond donors (Lipinski definition) is 2. The Bertz CT molecular complexity index is 461. The molecule has 1 rings (SSSR count). The number of halogens is 1. The van der Waals surface area contributed by atoms with Crippen LogP contribution in [0, 0.1) is 12.8 Å². The second kappa shape index (κ2) is 8.27. The summed E-state index contributed by atoms with van der Waals surface area (Å²) in [5.74, 6) is 1.13. The van der Waals surface area contributed by atoms with Crippen LogP contribution in [0.4, 0.5) is 0 Å². The van der Waals surface area contributed by atoms with Crippen LogP contribution in [0.2, 0.25) is 0 Å². The van der Waals surface area contributed by atoms with Crippen molar-refractivity contribution in [3.63, 3.8) is 0 Å². The highest BCUT2D eigenvalue weighted by Crippen LogP contribution is 2.28. The zero-order valence-electron chi connectivity index (χ0n) is 12.5. The van der Waals surface area contributed by atoms with Crippen LogP contribution in [-0.2, 0) is 11.3 Å². The summed E-state index contributed by atoms with van der Waals surface area (Å²) in [6.07, 6.45) is 0. The topological polar surface area (TPSA) is 50.4 Å². The molecule has 0 aliphatic rings. The molecule has 0 aliphatic carbocycles. The van der Waals surface area contributed by atoms with Crippen molar-refractivity contribution in [1.82, 2.24) is 10.6 Å². The predicted octanol–water partition coefficient (Wildman–Crippen LogP) is 2.63. The van der Waals surface area contributed by atoms with Crippen LogP contribution >= 0.6 is 15.9 Å². The van der Waals surface area contributed by atoms with E-state index in [1.807, 2.05) is 26.1 Å². The molecular formula is C15H23BrN2O2. The van der Waals surface area contributed by atoms with Gasteiger partial charge < -0.3 is 15.4 Å². The number of rotatable bonds is 7. The van der Waals surface area contributed by atoms with E-state index in [0.717, 1.165) is 21.3 Å². The fraction of sp³-hybridized carbons (Fsp3) is 0.533. The molecule has 0 heterocycles. The van der Waals surface area contributed by atoms with Crippen molar-refractivity contribution < 1.29 is 9.53 Å². The molecule has 0 saturated carbocycles. The first-order chi connectivity index (χ1) is 9.43. The van der Waals surface area contributed by atoms with Gasteiger partial charge in [0.05, 0.1) is 0 Å². The van der Waals surface area contributed by atoms with Crippen LogP contribution in [0.15, 0.2) is 16.6 Å². The van der Waals surface area contributed by atoms with Crippen LogP contribution in [0.25, 0.3) is 0 Å². The van der Waals surface area contributed by atoms with E-state index in [4.69, 9.17) is 4.74 Å². The predicted molar refractivity (Wildman–Crippen MR) is 85.0 cm³/mol. The number of aryl methyl sites for hydroxylation is 1. The molecule has 0 aromatic heterocycles. The minimum Gasteiger partial charge on any atom is -0.483 e. The Kier molecular flexibility index (Phi) is 7.02. The second-order valence-corrected chi connectivity index (χ2v) is 6.14. The van der Waals surface area contributed by atoms with Gasteiger partial charge in [-0.25, -0.2) is 0 Å². The average molecular weight is 343 g/mol. The highest BCUT2D eigenvalue weighted by molar-refractivity contribution is 9.10. The minimum absolute atomic E-state index is 0.0475. The van der Waals surface area contributed by atoms with Gasteiger partial charge in [0.2, 0.25) is 0 Å². The van der Waals surface area contributed by atoms with Gasteiger partial charge in [0.1, 0.15) is 5.75 Å². The quantitative estimate of drug-likeness (QED) is 0.800. The molecule has 4 nitrogen and oxygen atoms in total. The third-order valence-corrected chi connectivity index (χ3v) is 3.20. The van der Waals surface area contributed by atoms with Crippen LogP contribution in [0.5, 0.6) is 5.75 Å². The lowest BCUT2D eigenvalue weighted by molar-refractivity contribution is -0.123. The average Bonchev–Trinajstić information content (AvgIpc) is 2.35. The number of carbonyl (C=O) groups is 1. The maximum Gasteiger partial charge on any atom is 0.257 e. The van der Waals surface area contributed by atoms with E-state index in [1.54, 1.807) is 0 Å². The smallest absolute Gasteiger partial charge is 0.257 e. The Morgan fingerprint density at radius 2 is 2.10 bits per heavy atom. The van der Waals surface area contributed by atoms with Crippen molar-refractivity contribution in [2.75, 3.05) is 20.2 Å². The van der Waals surface area contributed by atoms with Gasteiger partial charge in [-0.2, -0.15) is 0 Å². The summed E-state index contributed by atoms with van der Waals surface area (Å²) in [5, 5.41) is 5.95. The maximum absolute atomic E-state index is 11.7. The Morgan fingerprint density at radius 3 is 2.70 bits per heavy atom. The van der Waals surface area contributed by atoms with Gasteiger partial charge >= 0.3 is 0 Å². The summed E-state index contributed by atoms with van der Waals surface area (Å²) < 4.78 is 6.71. The van der Waals surface area contributed by atoms with Crippen molar-refractivity contribution in [2.45, 2.75) is 27.3 Å². The van der Waals surface area contributed by atoms with Gasteiger partial charge in [-0.05, 0) is 37.6 Å². The molecule has 1 aromatic rings. The van der Waals surface area contributed by atoms with Crippen molar-refractivity contribution in [3.8, 4) is 5.75 Å². The molecule has 0 radical (unpaired) electrons. The second-order valence-electron chi connectivity index (χ2n) is 5.23. The molecule has 0 aliphatic heterocycles. The lowest BCUT2D eigenvalue weighted by Crippen LogP contribution is -2.32. The maximum atomic E-state index is 11.7. The number of carbonyl (C=O) groups excluding carboxylic acids is 1. The lowest BCUT2D eigenvalue weighted by atomic mass is 10.1. The third-order valence-electron chi connectivity index (χ3n) is 2.74. The molecular weight excluding hydrogens is 320 g/mol. The molecule has 1 amide bonds. The van der Waals surface area contributed by atoms with Gasteiger partial charge in [-0.15, -0.1) is 0 Å². The SMILES string of the molecule is CNCc1cc(Br)cc(C)c1OCC(=O)NCC(C)C. The molecule has 20 heavy (non-hydrogen) atoms. The Labute approximate surface area is 129 Å². The van der Waals surface area contributed by atoms with Gasteiger partial charge in [0.25, 0.3) is 5.91 Å². The Hall–Kier alpha value is -1.07. The van der Waals surface area contributed by atoms with Crippen molar-refractivity contribution >= 4 is 21.8 Å². The normalized spacial score (nSPS) is 10.7. The Morgan fingerprint density at radius 1 is 1.40 bits per heavy atom. The highest BCUT2D eigenvalue weighted by atomic mass is 79.9. The van der Waals surface area contributed by atoms with Crippen LogP contribution < -0.4 is 15.4 Å². The van der Waals surface area contributed by atoms with Crippen LogP contribution in [0.3, 0.4) is 0 Å².